The zero-order valence-electron chi connectivity index (χ0n) is 16.1. The number of aromatic nitrogens is 1. The van der Waals surface area contributed by atoms with E-state index in [1.807, 2.05) is 17.2 Å². The number of fused-ring (bicyclic) bond motifs is 1. The first-order valence-electron chi connectivity index (χ1n) is 10.1. The van der Waals surface area contributed by atoms with E-state index in [4.69, 9.17) is 4.74 Å². The van der Waals surface area contributed by atoms with Gasteiger partial charge in [0.05, 0.1) is 5.52 Å². The third-order valence-electron chi connectivity index (χ3n) is 5.95. The molecule has 0 spiro atoms. The number of para-hydroxylation sites is 1. The number of hydrogen-bond acceptors (Lipinski definition) is 4. The number of ether oxygens (including phenoxy) is 1. The van der Waals surface area contributed by atoms with Crippen LogP contribution < -0.4 is 0 Å². The average molecular weight is 367 g/mol. The van der Waals surface area contributed by atoms with Gasteiger partial charge in [-0.15, -0.1) is 0 Å². The number of hydrogen-bond donors (Lipinski definition) is 0. The molecule has 1 unspecified atom stereocenters. The minimum Gasteiger partial charge on any atom is -0.381 e. The molecule has 1 amide bonds. The molecule has 2 saturated heterocycles. The number of carbonyl (C=O) groups excluding carboxylic acids is 1. The number of nitrogens with zero attached hydrogens (tertiary/aromatic N) is 3. The van der Waals surface area contributed by atoms with E-state index in [9.17, 15) is 4.79 Å². The number of pyridine rings is 1. The van der Waals surface area contributed by atoms with Crippen LogP contribution in [-0.4, -0.2) is 66.1 Å². The van der Waals surface area contributed by atoms with Gasteiger partial charge in [-0.2, -0.15) is 0 Å². The summed E-state index contributed by atoms with van der Waals surface area (Å²) in [7, 11) is 0. The molecule has 1 aromatic heterocycles. The summed E-state index contributed by atoms with van der Waals surface area (Å²) in [4.78, 5) is 21.3. The van der Waals surface area contributed by atoms with Gasteiger partial charge in [0, 0.05) is 63.9 Å². The molecule has 5 heteroatoms. The van der Waals surface area contributed by atoms with E-state index in [1.165, 1.54) is 10.9 Å². The van der Waals surface area contributed by atoms with Crippen molar-refractivity contribution in [1.29, 1.82) is 0 Å². The van der Waals surface area contributed by atoms with Crippen LogP contribution in [0.3, 0.4) is 0 Å². The average Bonchev–Trinajstić information content (AvgIpc) is 2.91. The van der Waals surface area contributed by atoms with Crippen LogP contribution in [0, 0.1) is 5.92 Å². The first-order valence-corrected chi connectivity index (χ1v) is 10.1. The molecule has 0 bridgehead atoms. The molecule has 4 rings (SSSR count). The van der Waals surface area contributed by atoms with E-state index >= 15 is 0 Å². The molecule has 2 fully saturated rings. The first-order chi connectivity index (χ1) is 13.2. The Labute approximate surface area is 161 Å². The van der Waals surface area contributed by atoms with Crippen LogP contribution in [0.4, 0.5) is 0 Å². The summed E-state index contributed by atoms with van der Waals surface area (Å²) in [5, 5.41) is 1.19. The van der Waals surface area contributed by atoms with Crippen LogP contribution in [0.2, 0.25) is 0 Å². The zero-order valence-corrected chi connectivity index (χ0v) is 16.1. The fourth-order valence-corrected chi connectivity index (χ4v) is 4.49. The van der Waals surface area contributed by atoms with Crippen molar-refractivity contribution >= 4 is 16.8 Å². The Morgan fingerprint density at radius 2 is 2.00 bits per heavy atom. The molecule has 1 aromatic carbocycles. The molecule has 2 aliphatic heterocycles. The fraction of sp³-hybridized carbons (Fsp3) is 0.545. The van der Waals surface area contributed by atoms with Crippen molar-refractivity contribution in [3.63, 3.8) is 0 Å². The summed E-state index contributed by atoms with van der Waals surface area (Å²) < 4.78 is 5.55. The van der Waals surface area contributed by atoms with Crippen molar-refractivity contribution in [3.8, 4) is 0 Å². The zero-order chi connectivity index (χ0) is 18.6. The van der Waals surface area contributed by atoms with E-state index < -0.39 is 0 Å². The molecule has 27 heavy (non-hydrogen) atoms. The quantitative estimate of drug-likeness (QED) is 0.837. The molecular weight excluding hydrogens is 338 g/mol. The second kappa shape index (κ2) is 8.36. The van der Waals surface area contributed by atoms with Gasteiger partial charge >= 0.3 is 0 Å². The van der Waals surface area contributed by atoms with E-state index in [0.29, 0.717) is 12.0 Å². The van der Waals surface area contributed by atoms with E-state index in [2.05, 4.69) is 34.1 Å². The van der Waals surface area contributed by atoms with Gasteiger partial charge in [-0.25, -0.2) is 0 Å². The van der Waals surface area contributed by atoms with Gasteiger partial charge in [0.2, 0.25) is 5.91 Å². The summed E-state index contributed by atoms with van der Waals surface area (Å²) in [6.45, 7) is 7.09. The van der Waals surface area contributed by atoms with Crippen molar-refractivity contribution in [2.24, 2.45) is 5.92 Å². The Balaban J connectivity index is 1.52. The van der Waals surface area contributed by atoms with Crippen LogP contribution in [-0.2, 0) is 16.0 Å². The maximum Gasteiger partial charge on any atom is 0.219 e. The van der Waals surface area contributed by atoms with Crippen molar-refractivity contribution in [3.05, 3.63) is 42.1 Å². The van der Waals surface area contributed by atoms with Crippen molar-refractivity contribution in [2.75, 3.05) is 39.4 Å². The number of carbonyl (C=O) groups is 1. The molecule has 0 N–H and O–H groups in total. The normalized spacial score (nSPS) is 22.7. The number of amides is 1. The van der Waals surface area contributed by atoms with Crippen LogP contribution in [0.5, 0.6) is 0 Å². The molecule has 2 aromatic rings. The van der Waals surface area contributed by atoms with Crippen molar-refractivity contribution in [2.45, 2.75) is 32.2 Å². The minimum absolute atomic E-state index is 0.186. The Morgan fingerprint density at radius 3 is 2.81 bits per heavy atom. The van der Waals surface area contributed by atoms with Gasteiger partial charge in [0.1, 0.15) is 0 Å². The molecule has 0 radical (unpaired) electrons. The third kappa shape index (κ3) is 4.47. The maximum atomic E-state index is 12.1. The van der Waals surface area contributed by atoms with Crippen LogP contribution in [0.15, 0.2) is 36.5 Å². The second-order valence-corrected chi connectivity index (χ2v) is 7.91. The lowest BCUT2D eigenvalue weighted by Gasteiger charge is -2.34. The largest absolute Gasteiger partial charge is 0.381 e. The minimum atomic E-state index is 0.186. The lowest BCUT2D eigenvalue weighted by Crippen LogP contribution is -2.43. The van der Waals surface area contributed by atoms with Crippen molar-refractivity contribution < 1.29 is 9.53 Å². The molecule has 1 atom stereocenters. The van der Waals surface area contributed by atoms with Gasteiger partial charge in [-0.3, -0.25) is 14.7 Å². The standard InChI is InChI=1S/C22H29N3O2/c1-17(26)24-8-9-25(21-6-10-27-11-7-21)16-19(15-24)12-18-13-20-4-2-3-5-22(20)23-14-18/h2-5,13-14,19,21H,6-12,15-16H2,1H3. The van der Waals surface area contributed by atoms with E-state index in [-0.39, 0.29) is 5.91 Å². The molecule has 144 valence electrons. The highest BCUT2D eigenvalue weighted by Crippen LogP contribution is 2.22. The highest BCUT2D eigenvalue weighted by atomic mass is 16.5. The summed E-state index contributed by atoms with van der Waals surface area (Å²) in [5.41, 5.74) is 2.30. The monoisotopic (exact) mass is 367 g/mol. The third-order valence-corrected chi connectivity index (χ3v) is 5.95. The second-order valence-electron chi connectivity index (χ2n) is 7.91. The molecule has 3 heterocycles. The predicted octanol–water partition coefficient (Wildman–Crippen LogP) is 2.74. The fourth-order valence-electron chi connectivity index (χ4n) is 4.49. The first kappa shape index (κ1) is 18.4. The molecular formula is C22H29N3O2. The SMILES string of the molecule is CC(=O)N1CCN(C2CCOCC2)CC(Cc2cnc3ccccc3c2)C1. The van der Waals surface area contributed by atoms with Crippen LogP contribution >= 0.6 is 0 Å². The smallest absolute Gasteiger partial charge is 0.219 e. The number of rotatable bonds is 3. The van der Waals surface area contributed by atoms with Gasteiger partial charge < -0.3 is 9.64 Å². The highest BCUT2D eigenvalue weighted by molar-refractivity contribution is 5.78. The van der Waals surface area contributed by atoms with Crippen molar-refractivity contribution in [1.82, 2.24) is 14.8 Å². The molecule has 5 nitrogen and oxygen atoms in total. The lowest BCUT2D eigenvalue weighted by molar-refractivity contribution is -0.129. The molecule has 0 aliphatic carbocycles. The molecule has 2 aliphatic rings. The summed E-state index contributed by atoms with van der Waals surface area (Å²) in [6.07, 6.45) is 5.17. The highest BCUT2D eigenvalue weighted by Gasteiger charge is 2.29. The molecule has 0 saturated carbocycles. The predicted molar refractivity (Wildman–Crippen MR) is 107 cm³/mol. The lowest BCUT2D eigenvalue weighted by atomic mass is 9.97. The van der Waals surface area contributed by atoms with Crippen LogP contribution in [0.25, 0.3) is 10.9 Å². The topological polar surface area (TPSA) is 45.7 Å². The maximum absolute atomic E-state index is 12.1. The van der Waals surface area contributed by atoms with E-state index in [1.54, 1.807) is 6.92 Å². The van der Waals surface area contributed by atoms with Gasteiger partial charge in [-0.1, -0.05) is 18.2 Å². The van der Waals surface area contributed by atoms with Gasteiger partial charge in [0.25, 0.3) is 0 Å². The Kier molecular flexibility index (Phi) is 5.69. The summed E-state index contributed by atoms with van der Waals surface area (Å²) in [5.74, 6) is 0.618. The summed E-state index contributed by atoms with van der Waals surface area (Å²) >= 11 is 0. The van der Waals surface area contributed by atoms with Gasteiger partial charge in [0.15, 0.2) is 0 Å². The Hall–Kier alpha value is -1.98. The summed E-state index contributed by atoms with van der Waals surface area (Å²) in [6, 6.07) is 11.1. The van der Waals surface area contributed by atoms with E-state index in [0.717, 1.165) is 64.2 Å². The number of benzene rings is 1. The Bertz CT molecular complexity index is 788. The van der Waals surface area contributed by atoms with Gasteiger partial charge in [-0.05, 0) is 42.9 Å². The van der Waals surface area contributed by atoms with Crippen LogP contribution in [0.1, 0.15) is 25.3 Å². The Morgan fingerprint density at radius 1 is 1.19 bits per heavy atom.